The maximum atomic E-state index is 5.95. The summed E-state index contributed by atoms with van der Waals surface area (Å²) in [5.41, 5.74) is 2.48. The molecule has 0 fully saturated rings. The van der Waals surface area contributed by atoms with Crippen molar-refractivity contribution in [2.75, 3.05) is 7.11 Å². The Kier molecular flexibility index (Phi) is 2.48. The van der Waals surface area contributed by atoms with Crippen molar-refractivity contribution in [3.63, 3.8) is 0 Å². The van der Waals surface area contributed by atoms with Crippen LogP contribution in [0.4, 0.5) is 0 Å². The third kappa shape index (κ3) is 1.86. The van der Waals surface area contributed by atoms with E-state index < -0.39 is 0 Å². The van der Waals surface area contributed by atoms with Crippen LogP contribution in [0, 0.1) is 0 Å². The molecule has 1 aliphatic heterocycles. The molecule has 2 nitrogen and oxygen atoms in total. The Morgan fingerprint density at radius 1 is 0.941 bits per heavy atom. The predicted molar refractivity (Wildman–Crippen MR) is 66.9 cm³/mol. The molecule has 2 aromatic carbocycles. The lowest BCUT2D eigenvalue weighted by molar-refractivity contribution is 0.412. The van der Waals surface area contributed by atoms with Gasteiger partial charge in [0.1, 0.15) is 17.2 Å². The van der Waals surface area contributed by atoms with Gasteiger partial charge in [0.2, 0.25) is 0 Å². The van der Waals surface area contributed by atoms with Crippen molar-refractivity contribution in [1.82, 2.24) is 0 Å². The monoisotopic (exact) mass is 226 g/mol. The summed E-state index contributed by atoms with van der Waals surface area (Å²) in [7, 11) is 1.69. The van der Waals surface area contributed by atoms with E-state index in [1.165, 1.54) is 11.1 Å². The first-order valence-corrected chi connectivity index (χ1v) is 5.79. The molecule has 0 amide bonds. The van der Waals surface area contributed by atoms with Gasteiger partial charge in [0.05, 0.1) is 7.11 Å². The maximum absolute atomic E-state index is 5.95. The van der Waals surface area contributed by atoms with Gasteiger partial charge in [-0.05, 0) is 48.2 Å². The highest BCUT2D eigenvalue weighted by molar-refractivity contribution is 5.47. The van der Waals surface area contributed by atoms with Gasteiger partial charge in [0, 0.05) is 0 Å². The normalized spacial score (nSPS) is 13.0. The molecule has 0 radical (unpaired) electrons. The van der Waals surface area contributed by atoms with E-state index in [4.69, 9.17) is 9.47 Å². The van der Waals surface area contributed by atoms with Crippen LogP contribution in [0.3, 0.4) is 0 Å². The molecule has 0 atom stereocenters. The number of ether oxygens (including phenoxy) is 2. The van der Waals surface area contributed by atoms with Crippen LogP contribution in [0.5, 0.6) is 17.2 Å². The van der Waals surface area contributed by atoms with Crippen molar-refractivity contribution >= 4 is 0 Å². The van der Waals surface area contributed by atoms with Gasteiger partial charge in [0.25, 0.3) is 0 Å². The molecule has 3 rings (SSSR count). The molecule has 0 saturated carbocycles. The molecule has 86 valence electrons. The number of methoxy groups -OCH3 is 1. The average molecular weight is 226 g/mol. The summed E-state index contributed by atoms with van der Waals surface area (Å²) < 4.78 is 11.2. The van der Waals surface area contributed by atoms with Crippen LogP contribution >= 0.6 is 0 Å². The first kappa shape index (κ1) is 10.2. The molecule has 0 unspecified atom stereocenters. The summed E-state index contributed by atoms with van der Waals surface area (Å²) in [6.07, 6.45) is 2.00. The molecule has 0 aliphatic carbocycles. The molecule has 1 aliphatic rings. The number of fused-ring (bicyclic) bond motifs is 2. The number of hydrogen-bond acceptors (Lipinski definition) is 2. The van der Waals surface area contributed by atoms with Gasteiger partial charge in [-0.25, -0.2) is 0 Å². The molecule has 1 heterocycles. The Balaban J connectivity index is 2.03. The van der Waals surface area contributed by atoms with E-state index in [9.17, 15) is 0 Å². The predicted octanol–water partition coefficient (Wildman–Crippen LogP) is 3.59. The Morgan fingerprint density at radius 3 is 2.59 bits per heavy atom. The molecule has 2 aromatic rings. The standard InChI is InChI=1S/C15H14O2/c1-16-13-8-9-15-12(10-13)7-6-11-4-2-3-5-14(11)17-15/h2-5,8-10H,6-7H2,1H3. The van der Waals surface area contributed by atoms with Crippen molar-refractivity contribution < 1.29 is 9.47 Å². The molecular weight excluding hydrogens is 212 g/mol. The molecule has 0 saturated heterocycles. The van der Waals surface area contributed by atoms with Crippen molar-refractivity contribution in [2.45, 2.75) is 12.8 Å². The van der Waals surface area contributed by atoms with E-state index in [2.05, 4.69) is 18.2 Å². The summed E-state index contributed by atoms with van der Waals surface area (Å²) in [6, 6.07) is 14.2. The number of benzene rings is 2. The van der Waals surface area contributed by atoms with E-state index in [0.29, 0.717) is 0 Å². The van der Waals surface area contributed by atoms with Gasteiger partial charge in [-0.1, -0.05) is 18.2 Å². The molecule has 0 N–H and O–H groups in total. The zero-order valence-corrected chi connectivity index (χ0v) is 9.77. The van der Waals surface area contributed by atoms with Gasteiger partial charge in [-0.3, -0.25) is 0 Å². The first-order valence-electron chi connectivity index (χ1n) is 5.79. The Labute approximate surface area is 101 Å². The molecule has 0 spiro atoms. The van der Waals surface area contributed by atoms with E-state index in [-0.39, 0.29) is 0 Å². The molecule has 0 bridgehead atoms. The van der Waals surface area contributed by atoms with Crippen molar-refractivity contribution in [1.29, 1.82) is 0 Å². The second kappa shape index (κ2) is 4.13. The molecule has 2 heteroatoms. The zero-order chi connectivity index (χ0) is 11.7. The smallest absolute Gasteiger partial charge is 0.130 e. The molecule has 0 aromatic heterocycles. The molecular formula is C15H14O2. The lowest BCUT2D eigenvalue weighted by Gasteiger charge is -2.09. The SMILES string of the molecule is COc1ccc2c(c1)CCc1ccccc1O2. The van der Waals surface area contributed by atoms with Gasteiger partial charge in [-0.2, -0.15) is 0 Å². The first-order chi connectivity index (χ1) is 8.36. The summed E-state index contributed by atoms with van der Waals surface area (Å²) >= 11 is 0. The van der Waals surface area contributed by atoms with Crippen molar-refractivity contribution in [2.24, 2.45) is 0 Å². The number of para-hydroxylation sites is 1. The van der Waals surface area contributed by atoms with Gasteiger partial charge < -0.3 is 9.47 Å². The Hall–Kier alpha value is -1.96. The summed E-state index contributed by atoms with van der Waals surface area (Å²) in [5, 5.41) is 0. The lowest BCUT2D eigenvalue weighted by atomic mass is 10.0. The minimum Gasteiger partial charge on any atom is -0.497 e. The minimum atomic E-state index is 0.887. The highest BCUT2D eigenvalue weighted by Crippen LogP contribution is 2.35. The fraction of sp³-hybridized carbons (Fsp3) is 0.200. The third-order valence-electron chi connectivity index (χ3n) is 3.12. The van der Waals surface area contributed by atoms with Crippen LogP contribution < -0.4 is 9.47 Å². The topological polar surface area (TPSA) is 18.5 Å². The number of rotatable bonds is 1. The average Bonchev–Trinajstić information content (AvgIpc) is 2.57. The van der Waals surface area contributed by atoms with Gasteiger partial charge in [0.15, 0.2) is 0 Å². The van der Waals surface area contributed by atoms with E-state index >= 15 is 0 Å². The summed E-state index contributed by atoms with van der Waals surface area (Å²) in [6.45, 7) is 0. The second-order valence-corrected chi connectivity index (χ2v) is 4.18. The quantitative estimate of drug-likeness (QED) is 0.739. The van der Waals surface area contributed by atoms with Crippen LogP contribution in [-0.2, 0) is 12.8 Å². The summed E-state index contributed by atoms with van der Waals surface area (Å²) in [5.74, 6) is 2.80. The zero-order valence-electron chi connectivity index (χ0n) is 9.77. The van der Waals surface area contributed by atoms with E-state index in [0.717, 1.165) is 30.1 Å². The Morgan fingerprint density at radius 2 is 1.71 bits per heavy atom. The van der Waals surface area contributed by atoms with Crippen LogP contribution in [0.15, 0.2) is 42.5 Å². The van der Waals surface area contributed by atoms with Crippen molar-refractivity contribution in [3.8, 4) is 17.2 Å². The highest BCUT2D eigenvalue weighted by Gasteiger charge is 2.14. The van der Waals surface area contributed by atoms with Crippen LogP contribution in [-0.4, -0.2) is 7.11 Å². The maximum Gasteiger partial charge on any atom is 0.130 e. The minimum absolute atomic E-state index is 0.887. The highest BCUT2D eigenvalue weighted by atomic mass is 16.5. The Bertz CT molecular complexity index is 546. The van der Waals surface area contributed by atoms with Crippen LogP contribution in [0.1, 0.15) is 11.1 Å². The largest absolute Gasteiger partial charge is 0.497 e. The van der Waals surface area contributed by atoms with E-state index in [1.807, 2.05) is 24.3 Å². The lowest BCUT2D eigenvalue weighted by Crippen LogP contribution is -1.90. The van der Waals surface area contributed by atoms with Gasteiger partial charge >= 0.3 is 0 Å². The van der Waals surface area contributed by atoms with Crippen molar-refractivity contribution in [3.05, 3.63) is 53.6 Å². The van der Waals surface area contributed by atoms with Crippen LogP contribution in [0.25, 0.3) is 0 Å². The fourth-order valence-electron chi connectivity index (χ4n) is 2.18. The van der Waals surface area contributed by atoms with Gasteiger partial charge in [-0.15, -0.1) is 0 Å². The number of aryl methyl sites for hydroxylation is 2. The second-order valence-electron chi connectivity index (χ2n) is 4.18. The number of hydrogen-bond donors (Lipinski definition) is 0. The third-order valence-corrected chi connectivity index (χ3v) is 3.12. The van der Waals surface area contributed by atoms with Crippen LogP contribution in [0.2, 0.25) is 0 Å². The fourth-order valence-corrected chi connectivity index (χ4v) is 2.18. The summed E-state index contributed by atoms with van der Waals surface area (Å²) in [4.78, 5) is 0. The molecule has 17 heavy (non-hydrogen) atoms. The van der Waals surface area contributed by atoms with E-state index in [1.54, 1.807) is 7.11 Å².